The van der Waals surface area contributed by atoms with Crippen LogP contribution in [-0.2, 0) is 13.0 Å². The summed E-state index contributed by atoms with van der Waals surface area (Å²) in [5.74, 6) is 0.438. The van der Waals surface area contributed by atoms with Crippen molar-refractivity contribution in [3.05, 3.63) is 58.1 Å². The van der Waals surface area contributed by atoms with Crippen LogP contribution in [0.1, 0.15) is 51.3 Å². The highest BCUT2D eigenvalue weighted by molar-refractivity contribution is 8.93. The fraction of sp³-hybridized carbons (Fsp3) is 0.318. The van der Waals surface area contributed by atoms with Crippen LogP contribution in [-0.4, -0.2) is 47.7 Å². The lowest BCUT2D eigenvalue weighted by Crippen LogP contribution is -2.30. The summed E-state index contributed by atoms with van der Waals surface area (Å²) in [4.78, 5) is 26.6. The molecule has 3 rings (SSSR count). The molecule has 0 bridgehead atoms. The molecule has 2 aromatic carbocycles. The van der Waals surface area contributed by atoms with Crippen molar-refractivity contribution < 1.29 is 19.4 Å². The first-order valence-corrected chi connectivity index (χ1v) is 9.60. The van der Waals surface area contributed by atoms with E-state index in [-0.39, 0.29) is 46.8 Å². The average Bonchev–Trinajstić information content (AvgIpc) is 3.01. The predicted molar refractivity (Wildman–Crippen MR) is 120 cm³/mol. The lowest BCUT2D eigenvalue weighted by molar-refractivity contribution is 0.0953. The van der Waals surface area contributed by atoms with Gasteiger partial charge in [-0.15, -0.1) is 17.0 Å². The molecule has 160 valence electrons. The number of halogens is 1. The van der Waals surface area contributed by atoms with Gasteiger partial charge in [-0.3, -0.25) is 15.0 Å². The fourth-order valence-corrected chi connectivity index (χ4v) is 3.46. The Morgan fingerprint density at radius 1 is 1.23 bits per heavy atom. The van der Waals surface area contributed by atoms with Gasteiger partial charge in [-0.2, -0.15) is 0 Å². The topological polar surface area (TPSA) is 103 Å². The third-order valence-corrected chi connectivity index (χ3v) is 5.03. The van der Waals surface area contributed by atoms with Gasteiger partial charge in [0.25, 0.3) is 5.91 Å². The Labute approximate surface area is 186 Å². The summed E-state index contributed by atoms with van der Waals surface area (Å²) >= 11 is 0. The van der Waals surface area contributed by atoms with Gasteiger partial charge in [0.1, 0.15) is 17.3 Å². The minimum absolute atomic E-state index is 0. The molecule has 1 aliphatic rings. The van der Waals surface area contributed by atoms with Crippen LogP contribution < -0.4 is 10.1 Å². The van der Waals surface area contributed by atoms with Gasteiger partial charge < -0.3 is 20.1 Å². The largest absolute Gasteiger partial charge is 0.508 e. The normalized spacial score (nSPS) is 12.2. The van der Waals surface area contributed by atoms with Crippen LogP contribution in [0, 0.1) is 5.41 Å². The molecule has 3 N–H and O–H groups in total. The molecule has 0 unspecified atom stereocenters. The molecule has 8 heteroatoms. The molecule has 0 saturated heterocycles. The van der Waals surface area contributed by atoms with Crippen molar-refractivity contribution in [1.82, 2.24) is 10.2 Å². The van der Waals surface area contributed by atoms with Gasteiger partial charge in [0.15, 0.2) is 5.78 Å². The number of phenolic OH excluding ortho intramolecular Hbond substituents is 1. The Bertz CT molecular complexity index is 991. The van der Waals surface area contributed by atoms with E-state index >= 15 is 0 Å². The number of rotatable bonds is 7. The van der Waals surface area contributed by atoms with Gasteiger partial charge >= 0.3 is 0 Å². The number of carbonyl (C=O) groups excluding carboxylic acids is 2. The minimum atomic E-state index is -0.283. The van der Waals surface area contributed by atoms with Crippen molar-refractivity contribution in [3.63, 3.8) is 0 Å². The second-order valence-corrected chi connectivity index (χ2v) is 6.84. The number of fused-ring (bicyclic) bond motifs is 1. The number of amidine groups is 1. The number of ketones is 1. The Morgan fingerprint density at radius 3 is 2.60 bits per heavy atom. The summed E-state index contributed by atoms with van der Waals surface area (Å²) in [6.45, 7) is 4.61. The fourth-order valence-electron chi connectivity index (χ4n) is 3.46. The summed E-state index contributed by atoms with van der Waals surface area (Å²) in [5, 5.41) is 20.9. The standard InChI is InChI=1S/C22H25N3O4.BrH/c1-4-13-8-14(6-7-18(13)26)19(27)12-25-11-15-9-20(29-5-2)17(22(28)24-3)10-16(15)21(25)23;/h6-10,23,26H,4-5,11-12H2,1-3H3,(H,24,28);1H. The second kappa shape index (κ2) is 9.75. The summed E-state index contributed by atoms with van der Waals surface area (Å²) in [6, 6.07) is 8.25. The van der Waals surface area contributed by atoms with Gasteiger partial charge in [0, 0.05) is 24.7 Å². The highest BCUT2D eigenvalue weighted by Crippen LogP contribution is 2.31. The highest BCUT2D eigenvalue weighted by atomic mass is 79.9. The first-order chi connectivity index (χ1) is 13.9. The van der Waals surface area contributed by atoms with Crippen LogP contribution in [0.5, 0.6) is 11.5 Å². The van der Waals surface area contributed by atoms with E-state index in [1.54, 1.807) is 36.2 Å². The van der Waals surface area contributed by atoms with E-state index in [9.17, 15) is 14.7 Å². The molecule has 0 aromatic heterocycles. The molecule has 0 saturated carbocycles. The van der Waals surface area contributed by atoms with Crippen LogP contribution in [0.2, 0.25) is 0 Å². The van der Waals surface area contributed by atoms with Crippen molar-refractivity contribution >= 4 is 34.5 Å². The molecule has 0 atom stereocenters. The number of aromatic hydroxyl groups is 1. The molecular weight excluding hydrogens is 450 g/mol. The maximum Gasteiger partial charge on any atom is 0.254 e. The molecule has 0 spiro atoms. The first-order valence-electron chi connectivity index (χ1n) is 9.60. The van der Waals surface area contributed by atoms with E-state index < -0.39 is 0 Å². The van der Waals surface area contributed by atoms with E-state index in [4.69, 9.17) is 10.1 Å². The summed E-state index contributed by atoms with van der Waals surface area (Å²) in [5.41, 5.74) is 3.06. The van der Waals surface area contributed by atoms with E-state index in [0.29, 0.717) is 47.6 Å². The van der Waals surface area contributed by atoms with Crippen molar-refractivity contribution in [2.45, 2.75) is 26.8 Å². The number of aryl methyl sites for hydroxylation is 1. The number of benzene rings is 2. The number of hydrogen-bond acceptors (Lipinski definition) is 5. The molecule has 1 amide bonds. The Morgan fingerprint density at radius 2 is 1.97 bits per heavy atom. The zero-order chi connectivity index (χ0) is 21.1. The predicted octanol–water partition coefficient (Wildman–Crippen LogP) is 3.31. The van der Waals surface area contributed by atoms with Crippen LogP contribution in [0.4, 0.5) is 0 Å². The molecule has 2 aromatic rings. The van der Waals surface area contributed by atoms with Gasteiger partial charge in [-0.05, 0) is 54.8 Å². The van der Waals surface area contributed by atoms with E-state index in [2.05, 4.69) is 5.32 Å². The second-order valence-electron chi connectivity index (χ2n) is 6.84. The van der Waals surface area contributed by atoms with Crippen LogP contribution in [0.3, 0.4) is 0 Å². The smallest absolute Gasteiger partial charge is 0.254 e. The Hall–Kier alpha value is -2.87. The monoisotopic (exact) mass is 475 g/mol. The highest BCUT2D eigenvalue weighted by Gasteiger charge is 2.29. The van der Waals surface area contributed by atoms with E-state index in [0.717, 1.165) is 5.56 Å². The zero-order valence-corrected chi connectivity index (χ0v) is 19.0. The quantitative estimate of drug-likeness (QED) is 0.533. The van der Waals surface area contributed by atoms with E-state index in [1.165, 1.54) is 6.07 Å². The molecule has 0 fully saturated rings. The van der Waals surface area contributed by atoms with Crippen molar-refractivity contribution in [2.24, 2.45) is 0 Å². The number of phenols is 1. The number of amides is 1. The van der Waals surface area contributed by atoms with Crippen molar-refractivity contribution in [3.8, 4) is 11.5 Å². The SMILES string of the molecule is Br.CCOc1cc2c(cc1C(=O)NC)C(=N)N(CC(=O)c1ccc(O)c(CC)c1)C2. The number of Topliss-reactive ketones (excluding diaryl/α,β-unsaturated/α-hetero) is 1. The first kappa shape index (κ1) is 23.4. The van der Waals surface area contributed by atoms with E-state index in [1.807, 2.05) is 13.8 Å². The van der Waals surface area contributed by atoms with Crippen LogP contribution >= 0.6 is 17.0 Å². The third kappa shape index (κ3) is 4.48. The number of hydrogen-bond donors (Lipinski definition) is 3. The molecule has 1 aliphatic heterocycles. The Kier molecular flexibility index (Phi) is 7.61. The molecule has 1 heterocycles. The average molecular weight is 476 g/mol. The van der Waals surface area contributed by atoms with Gasteiger partial charge in [0.2, 0.25) is 0 Å². The number of nitrogens with zero attached hydrogens (tertiary/aromatic N) is 1. The third-order valence-electron chi connectivity index (χ3n) is 5.03. The lowest BCUT2D eigenvalue weighted by atomic mass is 10.0. The van der Waals surface area contributed by atoms with Crippen molar-refractivity contribution in [1.29, 1.82) is 5.41 Å². The summed E-state index contributed by atoms with van der Waals surface area (Å²) in [6.07, 6.45) is 0.625. The van der Waals surface area contributed by atoms with Gasteiger partial charge in [0.05, 0.1) is 18.7 Å². The molecule has 0 aliphatic carbocycles. The van der Waals surface area contributed by atoms with Crippen LogP contribution in [0.15, 0.2) is 30.3 Å². The Balaban J connectivity index is 0.00000320. The minimum Gasteiger partial charge on any atom is -0.508 e. The van der Waals surface area contributed by atoms with Crippen LogP contribution in [0.25, 0.3) is 0 Å². The maximum absolute atomic E-state index is 12.8. The maximum atomic E-state index is 12.8. The lowest BCUT2D eigenvalue weighted by Gasteiger charge is -2.17. The van der Waals surface area contributed by atoms with Gasteiger partial charge in [-0.25, -0.2) is 0 Å². The summed E-state index contributed by atoms with van der Waals surface area (Å²) < 4.78 is 5.60. The number of carbonyl (C=O) groups is 2. The number of ether oxygens (including phenoxy) is 1. The number of nitrogens with one attached hydrogen (secondary N) is 2. The van der Waals surface area contributed by atoms with Crippen molar-refractivity contribution in [2.75, 3.05) is 20.2 Å². The molecule has 30 heavy (non-hydrogen) atoms. The summed E-state index contributed by atoms with van der Waals surface area (Å²) in [7, 11) is 1.55. The molecular formula is C22H26BrN3O4. The molecule has 7 nitrogen and oxygen atoms in total. The zero-order valence-electron chi connectivity index (χ0n) is 17.2. The van der Waals surface area contributed by atoms with Gasteiger partial charge in [-0.1, -0.05) is 6.92 Å². The molecule has 0 radical (unpaired) electrons.